The van der Waals surface area contributed by atoms with E-state index in [2.05, 4.69) is 4.57 Å². The van der Waals surface area contributed by atoms with Crippen LogP contribution in [-0.4, -0.2) is 21.9 Å². The predicted molar refractivity (Wildman–Crippen MR) is 100 cm³/mol. The van der Waals surface area contributed by atoms with Crippen LogP contribution in [0.4, 0.5) is 4.39 Å². The molecule has 0 fully saturated rings. The van der Waals surface area contributed by atoms with Crippen molar-refractivity contribution in [2.24, 2.45) is 0 Å². The zero-order valence-corrected chi connectivity index (χ0v) is 15.2. The third kappa shape index (κ3) is 3.11. The standard InChI is InChI=1S/C20H15Cl2FN2O/c21-15-9-14(10-16(22)12-15)20(26)25-8-7-24-6-2-5-18(24)19(25)13-3-1-4-17(23)11-13/h1-6,9-12,19H,7-8H2. The minimum Gasteiger partial charge on any atom is -0.348 e. The highest BCUT2D eigenvalue weighted by Crippen LogP contribution is 2.34. The fraction of sp³-hybridized carbons (Fsp3) is 0.150. The molecule has 0 saturated carbocycles. The Balaban J connectivity index is 1.80. The molecule has 0 saturated heterocycles. The Kier molecular flexibility index (Phi) is 4.47. The molecule has 0 aliphatic carbocycles. The monoisotopic (exact) mass is 388 g/mol. The largest absolute Gasteiger partial charge is 0.348 e. The van der Waals surface area contributed by atoms with E-state index in [1.807, 2.05) is 24.4 Å². The van der Waals surface area contributed by atoms with Crippen LogP contribution in [-0.2, 0) is 6.54 Å². The molecular weight excluding hydrogens is 374 g/mol. The summed E-state index contributed by atoms with van der Waals surface area (Å²) in [6, 6.07) is 14.7. The van der Waals surface area contributed by atoms with Gasteiger partial charge in [0.1, 0.15) is 5.82 Å². The Morgan fingerprint density at radius 3 is 2.50 bits per heavy atom. The highest BCUT2D eigenvalue weighted by molar-refractivity contribution is 6.35. The second-order valence-corrected chi connectivity index (χ2v) is 7.11. The van der Waals surface area contributed by atoms with Gasteiger partial charge in [0.25, 0.3) is 5.91 Å². The molecular formula is C20H15Cl2FN2O. The molecule has 1 aromatic heterocycles. The Hall–Kier alpha value is -2.30. The van der Waals surface area contributed by atoms with E-state index in [4.69, 9.17) is 23.2 Å². The number of hydrogen-bond donors (Lipinski definition) is 0. The number of amides is 1. The molecule has 1 aliphatic rings. The molecule has 0 radical (unpaired) electrons. The van der Waals surface area contributed by atoms with Crippen molar-refractivity contribution in [1.82, 2.24) is 9.47 Å². The van der Waals surface area contributed by atoms with Crippen LogP contribution in [0.15, 0.2) is 60.8 Å². The van der Waals surface area contributed by atoms with Gasteiger partial charge in [0.2, 0.25) is 0 Å². The molecule has 0 bridgehead atoms. The predicted octanol–water partition coefficient (Wildman–Crippen LogP) is 5.18. The van der Waals surface area contributed by atoms with Crippen LogP contribution in [0, 0.1) is 5.82 Å². The summed E-state index contributed by atoms with van der Waals surface area (Å²) in [7, 11) is 0. The van der Waals surface area contributed by atoms with Crippen LogP contribution in [0.2, 0.25) is 10.0 Å². The van der Waals surface area contributed by atoms with Crippen LogP contribution < -0.4 is 0 Å². The van der Waals surface area contributed by atoms with E-state index in [9.17, 15) is 9.18 Å². The van der Waals surface area contributed by atoms with Gasteiger partial charge < -0.3 is 9.47 Å². The van der Waals surface area contributed by atoms with Gasteiger partial charge in [0, 0.05) is 40.6 Å². The Morgan fingerprint density at radius 2 is 1.77 bits per heavy atom. The number of benzene rings is 2. The number of carbonyl (C=O) groups excluding carboxylic acids is 1. The third-order valence-electron chi connectivity index (χ3n) is 4.57. The molecule has 26 heavy (non-hydrogen) atoms. The quantitative estimate of drug-likeness (QED) is 0.593. The maximum absolute atomic E-state index is 13.8. The number of hydrogen-bond acceptors (Lipinski definition) is 1. The molecule has 132 valence electrons. The Bertz CT molecular complexity index is 965. The van der Waals surface area contributed by atoms with Crippen molar-refractivity contribution in [3.8, 4) is 0 Å². The average Bonchev–Trinajstić information content (AvgIpc) is 3.08. The summed E-state index contributed by atoms with van der Waals surface area (Å²) in [6.07, 6.45) is 1.97. The second kappa shape index (κ2) is 6.78. The summed E-state index contributed by atoms with van der Waals surface area (Å²) in [5.41, 5.74) is 2.10. The number of rotatable bonds is 2. The van der Waals surface area contributed by atoms with Crippen molar-refractivity contribution >= 4 is 29.1 Å². The Morgan fingerprint density at radius 1 is 1.00 bits per heavy atom. The minimum absolute atomic E-state index is 0.184. The minimum atomic E-state index is -0.375. The molecule has 1 atom stereocenters. The molecule has 0 spiro atoms. The van der Waals surface area contributed by atoms with Gasteiger partial charge in [-0.25, -0.2) is 4.39 Å². The average molecular weight is 389 g/mol. The maximum Gasteiger partial charge on any atom is 0.254 e. The van der Waals surface area contributed by atoms with Gasteiger partial charge in [-0.05, 0) is 48.0 Å². The van der Waals surface area contributed by atoms with Gasteiger partial charge in [-0.3, -0.25) is 4.79 Å². The van der Waals surface area contributed by atoms with Crippen LogP contribution in [0.1, 0.15) is 27.7 Å². The van der Waals surface area contributed by atoms with E-state index in [0.717, 1.165) is 11.3 Å². The molecule has 1 unspecified atom stereocenters. The number of carbonyl (C=O) groups is 1. The third-order valence-corrected chi connectivity index (χ3v) is 5.01. The van der Waals surface area contributed by atoms with Gasteiger partial charge in [-0.1, -0.05) is 35.3 Å². The lowest BCUT2D eigenvalue weighted by atomic mass is 9.98. The second-order valence-electron chi connectivity index (χ2n) is 6.24. The Labute approximate surface area is 160 Å². The van der Waals surface area contributed by atoms with Crippen LogP contribution in [0.5, 0.6) is 0 Å². The van der Waals surface area contributed by atoms with Crippen molar-refractivity contribution in [2.45, 2.75) is 12.6 Å². The van der Waals surface area contributed by atoms with Gasteiger partial charge in [-0.2, -0.15) is 0 Å². The molecule has 0 N–H and O–H groups in total. The first kappa shape index (κ1) is 17.1. The van der Waals surface area contributed by atoms with Gasteiger partial charge >= 0.3 is 0 Å². The van der Waals surface area contributed by atoms with E-state index in [1.165, 1.54) is 12.1 Å². The molecule has 3 aromatic rings. The van der Waals surface area contributed by atoms with Crippen molar-refractivity contribution in [1.29, 1.82) is 0 Å². The first-order valence-electron chi connectivity index (χ1n) is 8.20. The van der Waals surface area contributed by atoms with Crippen LogP contribution in [0.25, 0.3) is 0 Å². The summed E-state index contributed by atoms with van der Waals surface area (Å²) in [6.45, 7) is 1.18. The van der Waals surface area contributed by atoms with Crippen molar-refractivity contribution in [3.05, 3.63) is 93.5 Å². The lowest BCUT2D eigenvalue weighted by Gasteiger charge is -2.37. The van der Waals surface area contributed by atoms with E-state index in [1.54, 1.807) is 29.2 Å². The smallest absolute Gasteiger partial charge is 0.254 e. The molecule has 2 heterocycles. The zero-order chi connectivity index (χ0) is 18.3. The van der Waals surface area contributed by atoms with Gasteiger partial charge in [-0.15, -0.1) is 0 Å². The number of fused-ring (bicyclic) bond motifs is 1. The molecule has 1 amide bonds. The van der Waals surface area contributed by atoms with E-state index in [-0.39, 0.29) is 17.8 Å². The summed E-state index contributed by atoms with van der Waals surface area (Å²) >= 11 is 12.1. The molecule has 1 aliphatic heterocycles. The summed E-state index contributed by atoms with van der Waals surface area (Å²) in [4.78, 5) is 15.0. The van der Waals surface area contributed by atoms with E-state index >= 15 is 0 Å². The first-order valence-corrected chi connectivity index (χ1v) is 8.96. The number of aromatic nitrogens is 1. The highest BCUT2D eigenvalue weighted by atomic mass is 35.5. The van der Waals surface area contributed by atoms with Crippen molar-refractivity contribution in [2.75, 3.05) is 6.54 Å². The van der Waals surface area contributed by atoms with Gasteiger partial charge in [0.15, 0.2) is 0 Å². The molecule has 4 rings (SSSR count). The lowest BCUT2D eigenvalue weighted by molar-refractivity contribution is 0.0663. The van der Waals surface area contributed by atoms with Gasteiger partial charge in [0.05, 0.1) is 6.04 Å². The fourth-order valence-electron chi connectivity index (χ4n) is 3.47. The number of nitrogens with zero attached hydrogens (tertiary/aromatic N) is 2. The van der Waals surface area contributed by atoms with E-state index < -0.39 is 0 Å². The summed E-state index contributed by atoms with van der Waals surface area (Å²) < 4.78 is 15.9. The molecule has 2 aromatic carbocycles. The van der Waals surface area contributed by atoms with Crippen LogP contribution in [0.3, 0.4) is 0 Å². The molecule has 6 heteroatoms. The molecule has 3 nitrogen and oxygen atoms in total. The first-order chi connectivity index (χ1) is 12.5. The van der Waals surface area contributed by atoms with Crippen molar-refractivity contribution in [3.63, 3.8) is 0 Å². The van der Waals surface area contributed by atoms with Crippen molar-refractivity contribution < 1.29 is 9.18 Å². The summed E-state index contributed by atoms with van der Waals surface area (Å²) in [5.74, 6) is -0.513. The SMILES string of the molecule is O=C(c1cc(Cl)cc(Cl)c1)N1CCn2cccc2C1c1cccc(F)c1. The normalized spacial score (nSPS) is 16.4. The highest BCUT2D eigenvalue weighted by Gasteiger charge is 2.33. The maximum atomic E-state index is 13.8. The topological polar surface area (TPSA) is 25.2 Å². The zero-order valence-electron chi connectivity index (χ0n) is 13.7. The summed E-state index contributed by atoms with van der Waals surface area (Å²) in [5, 5.41) is 0.812. The fourth-order valence-corrected chi connectivity index (χ4v) is 4.00. The van der Waals surface area contributed by atoms with Crippen LogP contribution >= 0.6 is 23.2 Å². The van der Waals surface area contributed by atoms with E-state index in [0.29, 0.717) is 28.7 Å². The lowest BCUT2D eigenvalue weighted by Crippen LogP contribution is -2.42. The number of halogens is 3.